The minimum atomic E-state index is -0.294. The van der Waals surface area contributed by atoms with Gasteiger partial charge in [0.25, 0.3) is 5.91 Å². The third-order valence-electron chi connectivity index (χ3n) is 4.39. The Kier molecular flexibility index (Phi) is 5.40. The molecule has 0 aliphatic carbocycles. The topological polar surface area (TPSA) is 71.8 Å². The number of ether oxygens (including phenoxy) is 3. The molecule has 134 valence electrons. The molecule has 0 aromatic heterocycles. The van der Waals surface area contributed by atoms with Gasteiger partial charge in [0.2, 0.25) is 0 Å². The molecule has 0 N–H and O–H groups in total. The van der Waals surface area contributed by atoms with Crippen molar-refractivity contribution in [1.82, 2.24) is 4.90 Å². The third kappa shape index (κ3) is 3.48. The van der Waals surface area contributed by atoms with Crippen LogP contribution in [-0.2, 0) is 9.53 Å². The zero-order valence-electron chi connectivity index (χ0n) is 14.8. The largest absolute Gasteiger partial charge is 0.497 e. The first kappa shape index (κ1) is 17.8. The summed E-state index contributed by atoms with van der Waals surface area (Å²) in [6, 6.07) is 11.5. The number of carbonyl (C=O) groups excluding carboxylic acids is 1. The van der Waals surface area contributed by atoms with E-state index in [1.807, 2.05) is 36.4 Å². The summed E-state index contributed by atoms with van der Waals surface area (Å²) in [4.78, 5) is 14.3. The number of hydrogen-bond acceptors (Lipinski definition) is 5. The molecule has 0 bridgehead atoms. The number of carbonyl (C=O) groups is 1. The number of nitriles is 1. The highest BCUT2D eigenvalue weighted by atomic mass is 16.5. The fraction of sp³-hybridized carbons (Fsp3) is 0.300. The summed E-state index contributed by atoms with van der Waals surface area (Å²) >= 11 is 0. The van der Waals surface area contributed by atoms with Crippen molar-refractivity contribution in [2.24, 2.45) is 0 Å². The molecule has 1 aliphatic heterocycles. The zero-order valence-corrected chi connectivity index (χ0v) is 14.8. The van der Waals surface area contributed by atoms with Gasteiger partial charge in [-0.15, -0.1) is 0 Å². The highest BCUT2D eigenvalue weighted by Crippen LogP contribution is 2.32. The van der Waals surface area contributed by atoms with Crippen molar-refractivity contribution in [2.75, 3.05) is 40.5 Å². The maximum absolute atomic E-state index is 12.7. The van der Waals surface area contributed by atoms with Crippen LogP contribution in [0.4, 0.5) is 0 Å². The number of nitrogens with zero attached hydrogens (tertiary/aromatic N) is 2. The first-order valence-electron chi connectivity index (χ1n) is 8.31. The summed E-state index contributed by atoms with van der Waals surface area (Å²) in [5.74, 6) is 0.990. The molecule has 1 saturated heterocycles. The lowest BCUT2D eigenvalue weighted by Crippen LogP contribution is -2.41. The zero-order chi connectivity index (χ0) is 18.5. The predicted octanol–water partition coefficient (Wildman–Crippen LogP) is 2.62. The normalized spacial score (nSPS) is 14.8. The Bertz CT molecular complexity index is 887. The van der Waals surface area contributed by atoms with Crippen molar-refractivity contribution in [3.8, 4) is 17.6 Å². The number of morpholine rings is 1. The molecule has 0 radical (unpaired) electrons. The van der Waals surface area contributed by atoms with Crippen LogP contribution in [0.1, 0.15) is 5.56 Å². The number of methoxy groups -OCH3 is 2. The van der Waals surface area contributed by atoms with Crippen molar-refractivity contribution in [3.63, 3.8) is 0 Å². The first-order valence-corrected chi connectivity index (χ1v) is 8.31. The molecule has 6 nitrogen and oxygen atoms in total. The minimum Gasteiger partial charge on any atom is -0.497 e. The van der Waals surface area contributed by atoms with E-state index in [-0.39, 0.29) is 11.5 Å². The van der Waals surface area contributed by atoms with Crippen molar-refractivity contribution in [3.05, 3.63) is 41.5 Å². The number of rotatable bonds is 4. The lowest BCUT2D eigenvalue weighted by atomic mass is 10.0. The molecule has 3 rings (SSSR count). The highest BCUT2D eigenvalue weighted by Gasteiger charge is 2.21. The summed E-state index contributed by atoms with van der Waals surface area (Å²) in [5, 5.41) is 11.4. The van der Waals surface area contributed by atoms with Crippen molar-refractivity contribution in [2.45, 2.75) is 0 Å². The van der Waals surface area contributed by atoms with Gasteiger partial charge in [-0.2, -0.15) is 5.26 Å². The van der Waals surface area contributed by atoms with Gasteiger partial charge in [-0.1, -0.05) is 12.1 Å². The van der Waals surface area contributed by atoms with Gasteiger partial charge in [0.05, 0.1) is 27.4 Å². The second-order valence-corrected chi connectivity index (χ2v) is 5.84. The molecule has 0 spiro atoms. The van der Waals surface area contributed by atoms with E-state index in [0.29, 0.717) is 43.4 Å². The molecule has 0 unspecified atom stereocenters. The van der Waals surface area contributed by atoms with E-state index in [0.717, 1.165) is 10.8 Å². The molecule has 2 aromatic carbocycles. The molecule has 0 saturated carbocycles. The maximum atomic E-state index is 12.7. The Morgan fingerprint density at radius 3 is 2.58 bits per heavy atom. The fourth-order valence-corrected chi connectivity index (χ4v) is 2.98. The van der Waals surface area contributed by atoms with E-state index in [2.05, 4.69) is 0 Å². The van der Waals surface area contributed by atoms with Crippen LogP contribution in [0.2, 0.25) is 0 Å². The summed E-state index contributed by atoms with van der Waals surface area (Å²) < 4.78 is 16.0. The third-order valence-corrected chi connectivity index (χ3v) is 4.39. The van der Waals surface area contributed by atoms with Crippen molar-refractivity contribution >= 4 is 22.8 Å². The summed E-state index contributed by atoms with van der Waals surface area (Å²) in [7, 11) is 3.16. The van der Waals surface area contributed by atoms with Crippen LogP contribution < -0.4 is 9.47 Å². The van der Waals surface area contributed by atoms with E-state index in [4.69, 9.17) is 14.2 Å². The van der Waals surface area contributed by atoms with Crippen LogP contribution in [-0.4, -0.2) is 51.3 Å². The molecule has 26 heavy (non-hydrogen) atoms. The lowest BCUT2D eigenvalue weighted by molar-refractivity contribution is -0.130. The Hall–Kier alpha value is -3.04. The smallest absolute Gasteiger partial charge is 0.264 e. The van der Waals surface area contributed by atoms with Crippen LogP contribution >= 0.6 is 0 Å². The second kappa shape index (κ2) is 7.89. The van der Waals surface area contributed by atoms with Gasteiger partial charge < -0.3 is 19.1 Å². The monoisotopic (exact) mass is 352 g/mol. The molecule has 1 heterocycles. The van der Waals surface area contributed by atoms with Crippen LogP contribution in [0.25, 0.3) is 16.8 Å². The van der Waals surface area contributed by atoms with Gasteiger partial charge in [0.15, 0.2) is 0 Å². The number of fused-ring (bicyclic) bond motifs is 1. The number of amides is 1. The standard InChI is InChI=1S/C20H20N2O4/c1-24-16-5-3-14-4-6-19(25-2)18(17(14)12-16)11-15(13-21)20(23)22-7-9-26-10-8-22/h3-6,11-12H,7-10H2,1-2H3/b15-11-. The van der Waals surface area contributed by atoms with Crippen LogP contribution in [0.15, 0.2) is 35.9 Å². The van der Waals surface area contributed by atoms with Crippen LogP contribution in [0.3, 0.4) is 0 Å². The molecular formula is C20H20N2O4. The van der Waals surface area contributed by atoms with Crippen molar-refractivity contribution in [1.29, 1.82) is 5.26 Å². The first-order chi connectivity index (χ1) is 12.7. The van der Waals surface area contributed by atoms with Gasteiger partial charge in [0, 0.05) is 18.7 Å². The highest BCUT2D eigenvalue weighted by molar-refractivity contribution is 6.05. The SMILES string of the molecule is COc1ccc2ccc(OC)c(/C=C(/C#N)C(=O)N3CCOCC3)c2c1. The molecule has 6 heteroatoms. The Morgan fingerprint density at radius 1 is 1.19 bits per heavy atom. The van der Waals surface area contributed by atoms with Crippen LogP contribution in [0, 0.1) is 11.3 Å². The Balaban J connectivity index is 2.10. The summed E-state index contributed by atoms with van der Waals surface area (Å²) in [5.41, 5.74) is 0.752. The van der Waals surface area contributed by atoms with Gasteiger partial charge in [-0.05, 0) is 35.0 Å². The molecule has 1 aliphatic rings. The molecular weight excluding hydrogens is 332 g/mol. The van der Waals surface area contributed by atoms with E-state index >= 15 is 0 Å². The Labute approximate surface area is 152 Å². The van der Waals surface area contributed by atoms with E-state index in [9.17, 15) is 10.1 Å². The lowest BCUT2D eigenvalue weighted by Gasteiger charge is -2.26. The summed E-state index contributed by atoms with van der Waals surface area (Å²) in [6.45, 7) is 1.94. The van der Waals surface area contributed by atoms with E-state index in [1.165, 1.54) is 0 Å². The summed E-state index contributed by atoms with van der Waals surface area (Å²) in [6.07, 6.45) is 1.60. The fourth-order valence-electron chi connectivity index (χ4n) is 2.98. The van der Waals surface area contributed by atoms with E-state index in [1.54, 1.807) is 25.2 Å². The van der Waals surface area contributed by atoms with E-state index < -0.39 is 0 Å². The van der Waals surface area contributed by atoms with Crippen molar-refractivity contribution < 1.29 is 19.0 Å². The molecule has 1 amide bonds. The molecule has 1 fully saturated rings. The molecule has 0 atom stereocenters. The quantitative estimate of drug-likeness (QED) is 0.625. The van der Waals surface area contributed by atoms with Gasteiger partial charge in [-0.3, -0.25) is 4.79 Å². The number of hydrogen-bond donors (Lipinski definition) is 0. The van der Waals surface area contributed by atoms with Gasteiger partial charge >= 0.3 is 0 Å². The van der Waals surface area contributed by atoms with Gasteiger partial charge in [0.1, 0.15) is 23.1 Å². The average Bonchev–Trinajstić information content (AvgIpc) is 2.71. The number of benzene rings is 2. The minimum absolute atomic E-state index is 0.0699. The predicted molar refractivity (Wildman–Crippen MR) is 98.0 cm³/mol. The average molecular weight is 352 g/mol. The van der Waals surface area contributed by atoms with Gasteiger partial charge in [-0.25, -0.2) is 0 Å². The van der Waals surface area contributed by atoms with Crippen LogP contribution in [0.5, 0.6) is 11.5 Å². The maximum Gasteiger partial charge on any atom is 0.264 e. The Morgan fingerprint density at radius 2 is 1.92 bits per heavy atom. The second-order valence-electron chi connectivity index (χ2n) is 5.84. The molecule has 2 aromatic rings.